The van der Waals surface area contributed by atoms with Gasteiger partial charge < -0.3 is 4.74 Å². The van der Waals surface area contributed by atoms with E-state index in [1.165, 1.54) is 0 Å². The summed E-state index contributed by atoms with van der Waals surface area (Å²) in [6.07, 6.45) is -14.3. The second-order valence-corrected chi connectivity index (χ2v) is 3.08. The van der Waals surface area contributed by atoms with Gasteiger partial charge in [0.25, 0.3) is 6.10 Å². The van der Waals surface area contributed by atoms with E-state index in [9.17, 15) is 26.3 Å². The van der Waals surface area contributed by atoms with Crippen molar-refractivity contribution in [3.05, 3.63) is 17.5 Å². The minimum absolute atomic E-state index is 0.523. The Kier molecular flexibility index (Phi) is 3.70. The standard InChI is InChI=1S/C7H3ClF6N2O/c8-5-15-2-1-3(16-5)17-4(6(9,10)11)7(12,13)14/h1-2,4H. The van der Waals surface area contributed by atoms with Gasteiger partial charge in [0.1, 0.15) is 0 Å². The molecule has 0 aliphatic carbocycles. The Morgan fingerprint density at radius 3 is 2.06 bits per heavy atom. The van der Waals surface area contributed by atoms with Crippen molar-refractivity contribution in [2.24, 2.45) is 0 Å². The molecule has 3 nitrogen and oxygen atoms in total. The van der Waals surface area contributed by atoms with Crippen LogP contribution in [-0.4, -0.2) is 28.4 Å². The van der Waals surface area contributed by atoms with E-state index < -0.39 is 29.6 Å². The molecule has 0 amide bonds. The topological polar surface area (TPSA) is 35.0 Å². The molecule has 1 aromatic rings. The van der Waals surface area contributed by atoms with Crippen LogP contribution in [0.3, 0.4) is 0 Å². The van der Waals surface area contributed by atoms with Crippen molar-refractivity contribution in [3.63, 3.8) is 0 Å². The molecule has 0 atom stereocenters. The summed E-state index contributed by atoms with van der Waals surface area (Å²) in [5.41, 5.74) is 0. The average molecular weight is 281 g/mol. The fraction of sp³-hybridized carbons (Fsp3) is 0.429. The van der Waals surface area contributed by atoms with Gasteiger partial charge in [0, 0.05) is 12.3 Å². The summed E-state index contributed by atoms with van der Waals surface area (Å²) in [6, 6.07) is 0.732. The average Bonchev–Trinajstić information content (AvgIpc) is 2.10. The van der Waals surface area contributed by atoms with E-state index in [0.717, 1.165) is 12.3 Å². The zero-order valence-electron chi connectivity index (χ0n) is 7.68. The second-order valence-electron chi connectivity index (χ2n) is 2.75. The minimum Gasteiger partial charge on any atom is -0.455 e. The van der Waals surface area contributed by atoms with E-state index in [4.69, 9.17) is 11.6 Å². The lowest BCUT2D eigenvalue weighted by molar-refractivity contribution is -0.300. The summed E-state index contributed by atoms with van der Waals surface area (Å²) >= 11 is 5.19. The van der Waals surface area contributed by atoms with Crippen molar-refractivity contribution >= 4 is 11.6 Å². The van der Waals surface area contributed by atoms with Crippen LogP contribution in [0.5, 0.6) is 5.88 Å². The molecule has 0 N–H and O–H groups in total. The number of hydrogen-bond acceptors (Lipinski definition) is 3. The lowest BCUT2D eigenvalue weighted by Crippen LogP contribution is -2.46. The van der Waals surface area contributed by atoms with E-state index >= 15 is 0 Å². The lowest BCUT2D eigenvalue weighted by Gasteiger charge is -2.23. The number of hydrogen-bond donors (Lipinski definition) is 0. The highest BCUT2D eigenvalue weighted by atomic mass is 35.5. The van der Waals surface area contributed by atoms with Crippen LogP contribution in [-0.2, 0) is 0 Å². The molecule has 0 saturated carbocycles. The first-order valence-corrected chi connectivity index (χ1v) is 4.27. The normalized spacial score (nSPS) is 12.9. The summed E-state index contributed by atoms with van der Waals surface area (Å²) in [5.74, 6) is -0.912. The Hall–Kier alpha value is -1.25. The molecular weight excluding hydrogens is 278 g/mol. The first kappa shape index (κ1) is 13.8. The van der Waals surface area contributed by atoms with Crippen molar-refractivity contribution in [1.82, 2.24) is 9.97 Å². The molecular formula is C7H3ClF6N2O. The van der Waals surface area contributed by atoms with Crippen molar-refractivity contribution in [1.29, 1.82) is 0 Å². The molecule has 96 valence electrons. The van der Waals surface area contributed by atoms with Gasteiger partial charge in [-0.2, -0.15) is 31.3 Å². The van der Waals surface area contributed by atoms with Gasteiger partial charge in [0.05, 0.1) is 0 Å². The quantitative estimate of drug-likeness (QED) is 0.617. The number of halogens is 7. The predicted molar refractivity (Wildman–Crippen MR) is 43.6 cm³/mol. The van der Waals surface area contributed by atoms with Crippen LogP contribution in [0, 0.1) is 0 Å². The monoisotopic (exact) mass is 280 g/mol. The Labute approximate surface area is 95.4 Å². The SMILES string of the molecule is FC(F)(F)C(Oc1ccnc(Cl)n1)C(F)(F)F. The third kappa shape index (κ3) is 3.91. The minimum atomic E-state index is -5.60. The molecule has 1 aromatic heterocycles. The van der Waals surface area contributed by atoms with E-state index in [1.54, 1.807) is 0 Å². The largest absolute Gasteiger partial charge is 0.455 e. The van der Waals surface area contributed by atoms with E-state index in [-0.39, 0.29) is 0 Å². The maximum atomic E-state index is 12.1. The molecule has 0 aliphatic rings. The third-order valence-corrected chi connectivity index (χ3v) is 1.62. The molecule has 0 saturated heterocycles. The van der Waals surface area contributed by atoms with Gasteiger partial charge in [-0.25, -0.2) is 4.98 Å². The Bertz CT molecular complexity index is 379. The molecule has 1 heterocycles. The van der Waals surface area contributed by atoms with E-state index in [1.807, 2.05) is 0 Å². The van der Waals surface area contributed by atoms with E-state index in [0.29, 0.717) is 0 Å². The highest BCUT2D eigenvalue weighted by molar-refractivity contribution is 6.28. The Balaban J connectivity index is 2.96. The van der Waals surface area contributed by atoms with Crippen LogP contribution in [0.15, 0.2) is 12.3 Å². The van der Waals surface area contributed by atoms with Gasteiger partial charge in [-0.1, -0.05) is 0 Å². The summed E-state index contributed by atoms with van der Waals surface area (Å²) in [6.45, 7) is 0. The van der Waals surface area contributed by atoms with Gasteiger partial charge in [0.2, 0.25) is 11.2 Å². The molecule has 0 fully saturated rings. The highest BCUT2D eigenvalue weighted by Crippen LogP contribution is 2.36. The lowest BCUT2D eigenvalue weighted by atomic mass is 10.3. The van der Waals surface area contributed by atoms with E-state index in [2.05, 4.69) is 14.7 Å². The van der Waals surface area contributed by atoms with Crippen LogP contribution in [0.4, 0.5) is 26.3 Å². The fourth-order valence-corrected chi connectivity index (χ4v) is 0.965. The maximum absolute atomic E-state index is 12.1. The Morgan fingerprint density at radius 1 is 1.12 bits per heavy atom. The van der Waals surface area contributed by atoms with Crippen molar-refractivity contribution < 1.29 is 31.1 Å². The van der Waals surface area contributed by atoms with Gasteiger partial charge in [-0.15, -0.1) is 0 Å². The van der Waals surface area contributed by atoms with Crippen molar-refractivity contribution in [2.45, 2.75) is 18.5 Å². The number of rotatable bonds is 2. The van der Waals surface area contributed by atoms with Gasteiger partial charge in [-0.3, -0.25) is 0 Å². The molecule has 0 aliphatic heterocycles. The van der Waals surface area contributed by atoms with Gasteiger partial charge in [-0.05, 0) is 11.6 Å². The molecule has 0 bridgehead atoms. The number of alkyl halides is 6. The maximum Gasteiger partial charge on any atom is 0.434 e. The van der Waals surface area contributed by atoms with Crippen LogP contribution < -0.4 is 4.74 Å². The van der Waals surface area contributed by atoms with Gasteiger partial charge >= 0.3 is 12.4 Å². The first-order valence-electron chi connectivity index (χ1n) is 3.89. The molecule has 0 aromatic carbocycles. The van der Waals surface area contributed by atoms with Crippen LogP contribution in [0.25, 0.3) is 0 Å². The Morgan fingerprint density at radius 2 is 1.65 bits per heavy atom. The van der Waals surface area contributed by atoms with Gasteiger partial charge in [0.15, 0.2) is 0 Å². The number of nitrogens with zero attached hydrogens (tertiary/aromatic N) is 2. The third-order valence-electron chi connectivity index (χ3n) is 1.43. The summed E-state index contributed by atoms with van der Waals surface area (Å²) in [7, 11) is 0. The highest BCUT2D eigenvalue weighted by Gasteiger charge is 2.59. The molecule has 0 spiro atoms. The molecule has 1 rings (SSSR count). The van der Waals surface area contributed by atoms with Crippen molar-refractivity contribution in [2.75, 3.05) is 0 Å². The number of ether oxygens (including phenoxy) is 1. The summed E-state index contributed by atoms with van der Waals surface area (Å²) in [4.78, 5) is 6.36. The molecule has 0 unspecified atom stereocenters. The smallest absolute Gasteiger partial charge is 0.434 e. The predicted octanol–water partition coefficient (Wildman–Crippen LogP) is 3.00. The fourth-order valence-electron chi connectivity index (χ4n) is 0.825. The molecule has 10 heteroatoms. The molecule has 0 radical (unpaired) electrons. The first-order chi connectivity index (χ1) is 7.60. The zero-order valence-corrected chi connectivity index (χ0v) is 8.44. The molecule has 17 heavy (non-hydrogen) atoms. The zero-order chi connectivity index (χ0) is 13.3. The van der Waals surface area contributed by atoms with Crippen LogP contribution in [0.1, 0.15) is 0 Å². The summed E-state index contributed by atoms with van der Waals surface area (Å²) < 4.78 is 76.2. The number of aromatic nitrogens is 2. The second kappa shape index (κ2) is 4.55. The van der Waals surface area contributed by atoms with Crippen molar-refractivity contribution in [3.8, 4) is 5.88 Å². The summed E-state index contributed by atoms with van der Waals surface area (Å²) in [5, 5.41) is -0.523. The van der Waals surface area contributed by atoms with Crippen LogP contribution in [0.2, 0.25) is 5.28 Å². The van der Waals surface area contributed by atoms with Crippen LogP contribution >= 0.6 is 11.6 Å².